The molecule has 0 saturated carbocycles. The molecule has 0 aliphatic carbocycles. The van der Waals surface area contributed by atoms with Crippen molar-refractivity contribution >= 4 is 17.4 Å². The summed E-state index contributed by atoms with van der Waals surface area (Å²) in [4.78, 5) is 28.0. The number of fused-ring (bicyclic) bond motifs is 1. The lowest BCUT2D eigenvalue weighted by Gasteiger charge is -2.39. The van der Waals surface area contributed by atoms with Crippen LogP contribution in [-0.2, 0) is 11.3 Å². The van der Waals surface area contributed by atoms with Crippen molar-refractivity contribution in [1.29, 1.82) is 0 Å². The van der Waals surface area contributed by atoms with Gasteiger partial charge in [0.2, 0.25) is 5.91 Å². The molecule has 3 rings (SSSR count). The number of hydrogen-bond acceptors (Lipinski definition) is 2. The molecule has 1 amide bonds. The summed E-state index contributed by atoms with van der Waals surface area (Å²) in [5.41, 5.74) is 0.678. The van der Waals surface area contributed by atoms with Gasteiger partial charge in [0.05, 0.1) is 12.2 Å². The maximum atomic E-state index is 13.3. The molecule has 0 radical (unpaired) electrons. The molecular formula is C22H17NO2. The Labute approximate surface area is 147 Å². The first-order valence-electron chi connectivity index (χ1n) is 8.00. The second-order valence-electron chi connectivity index (χ2n) is 6.07. The lowest BCUT2D eigenvalue weighted by atomic mass is 9.71. The predicted molar refractivity (Wildman–Crippen MR) is 97.7 cm³/mol. The Kier molecular flexibility index (Phi) is 4.42. The lowest BCUT2D eigenvalue weighted by Crippen LogP contribution is -2.52. The van der Waals surface area contributed by atoms with Crippen LogP contribution in [-0.4, -0.2) is 11.7 Å². The van der Waals surface area contributed by atoms with Crippen molar-refractivity contribution in [3.63, 3.8) is 0 Å². The van der Waals surface area contributed by atoms with Crippen molar-refractivity contribution in [3.05, 3.63) is 65.7 Å². The fraction of sp³-hybridized carbons (Fsp3) is 0.182. The van der Waals surface area contributed by atoms with Gasteiger partial charge in [0, 0.05) is 18.4 Å². The van der Waals surface area contributed by atoms with Crippen LogP contribution >= 0.6 is 0 Å². The van der Waals surface area contributed by atoms with Crippen LogP contribution in [0.15, 0.2) is 54.6 Å². The minimum Gasteiger partial charge on any atom is -0.306 e. The third kappa shape index (κ3) is 2.71. The van der Waals surface area contributed by atoms with Crippen LogP contribution in [0, 0.1) is 30.1 Å². The molecule has 2 aromatic carbocycles. The van der Waals surface area contributed by atoms with E-state index in [1.54, 1.807) is 23.1 Å². The Hall–Kier alpha value is -3.30. The number of carbonyl (C=O) groups is 2. The summed E-state index contributed by atoms with van der Waals surface area (Å²) in [5.74, 6) is 4.34. The van der Waals surface area contributed by atoms with Crippen LogP contribution in [0.2, 0.25) is 0 Å². The monoisotopic (exact) mass is 327 g/mol. The molecule has 3 nitrogen and oxygen atoms in total. The molecule has 2 aromatic rings. The number of amides is 1. The van der Waals surface area contributed by atoms with Gasteiger partial charge in [0.1, 0.15) is 5.41 Å². The van der Waals surface area contributed by atoms with Crippen LogP contribution in [0.4, 0.5) is 5.69 Å². The first kappa shape index (κ1) is 16.6. The summed E-state index contributed by atoms with van der Waals surface area (Å²) >= 11 is 0. The Morgan fingerprint density at radius 3 is 2.12 bits per heavy atom. The summed E-state index contributed by atoms with van der Waals surface area (Å²) < 4.78 is 0. The third-order valence-electron chi connectivity index (χ3n) is 4.52. The Bertz CT molecular complexity index is 884. The quantitative estimate of drug-likeness (QED) is 0.637. The summed E-state index contributed by atoms with van der Waals surface area (Å²) in [5, 5.41) is 0. The van der Waals surface area contributed by atoms with Gasteiger partial charge in [-0.1, -0.05) is 42.5 Å². The molecule has 1 aliphatic rings. The Balaban J connectivity index is 2.15. The van der Waals surface area contributed by atoms with Gasteiger partial charge in [0.25, 0.3) is 0 Å². The molecule has 0 unspecified atom stereocenters. The number of carbonyl (C=O) groups excluding carboxylic acids is 2. The van der Waals surface area contributed by atoms with E-state index in [4.69, 9.17) is 12.8 Å². The maximum absolute atomic E-state index is 13.3. The van der Waals surface area contributed by atoms with Crippen molar-refractivity contribution < 1.29 is 9.59 Å². The fourth-order valence-corrected chi connectivity index (χ4v) is 3.27. The molecule has 25 heavy (non-hydrogen) atoms. The van der Waals surface area contributed by atoms with Crippen molar-refractivity contribution in [2.45, 2.75) is 19.4 Å². The molecular weight excluding hydrogens is 310 g/mol. The van der Waals surface area contributed by atoms with E-state index in [9.17, 15) is 9.59 Å². The van der Waals surface area contributed by atoms with E-state index in [0.29, 0.717) is 17.8 Å². The van der Waals surface area contributed by atoms with Crippen LogP contribution < -0.4 is 4.90 Å². The second kappa shape index (κ2) is 6.67. The number of benzene rings is 2. The summed E-state index contributed by atoms with van der Waals surface area (Å²) in [6, 6.07) is 16.7. The molecule has 3 heteroatoms. The second-order valence-corrected chi connectivity index (χ2v) is 6.07. The molecule has 1 aliphatic heterocycles. The standard InChI is InChI=1S/C22H17NO2/c1-3-14-22(15-4-2)20(24)18-12-8-9-13-19(18)23(21(22)25)16-17-10-6-5-7-11-17/h1-2,5-13H,14-16H2. The largest absolute Gasteiger partial charge is 0.306 e. The average Bonchev–Trinajstić information content (AvgIpc) is 2.65. The highest BCUT2D eigenvalue weighted by Crippen LogP contribution is 2.42. The van der Waals surface area contributed by atoms with E-state index < -0.39 is 5.41 Å². The van der Waals surface area contributed by atoms with Gasteiger partial charge in [0.15, 0.2) is 5.78 Å². The summed E-state index contributed by atoms with van der Waals surface area (Å²) in [6.45, 7) is 0.362. The van der Waals surface area contributed by atoms with Crippen molar-refractivity contribution in [3.8, 4) is 24.7 Å². The van der Waals surface area contributed by atoms with Gasteiger partial charge in [-0.2, -0.15) is 0 Å². The molecule has 0 fully saturated rings. The van der Waals surface area contributed by atoms with Gasteiger partial charge in [-0.15, -0.1) is 24.7 Å². The number of terminal acetylenes is 2. The predicted octanol–water partition coefficient (Wildman–Crippen LogP) is 3.45. The molecule has 0 spiro atoms. The summed E-state index contributed by atoms with van der Waals surface area (Å²) in [7, 11) is 0. The van der Waals surface area contributed by atoms with E-state index in [0.717, 1.165) is 5.56 Å². The van der Waals surface area contributed by atoms with E-state index in [1.807, 2.05) is 36.4 Å². The number of ketones is 1. The number of para-hydroxylation sites is 1. The van der Waals surface area contributed by atoms with Crippen molar-refractivity contribution in [1.82, 2.24) is 0 Å². The molecule has 0 N–H and O–H groups in total. The molecule has 0 bridgehead atoms. The Morgan fingerprint density at radius 1 is 0.880 bits per heavy atom. The third-order valence-corrected chi connectivity index (χ3v) is 4.52. The highest BCUT2D eigenvalue weighted by atomic mass is 16.2. The van der Waals surface area contributed by atoms with Crippen LogP contribution in [0.25, 0.3) is 0 Å². The van der Waals surface area contributed by atoms with Gasteiger partial charge in [-0.05, 0) is 17.7 Å². The van der Waals surface area contributed by atoms with Gasteiger partial charge >= 0.3 is 0 Å². The minimum atomic E-state index is -1.38. The fourth-order valence-electron chi connectivity index (χ4n) is 3.27. The first-order chi connectivity index (χ1) is 12.1. The SMILES string of the molecule is C#CCC1(CC#C)C(=O)c2ccccc2N(Cc2ccccc2)C1=O. The minimum absolute atomic E-state index is 0.00547. The molecule has 0 saturated heterocycles. The topological polar surface area (TPSA) is 37.4 Å². The van der Waals surface area contributed by atoms with Gasteiger partial charge in [-0.3, -0.25) is 9.59 Å². The highest BCUT2D eigenvalue weighted by molar-refractivity contribution is 6.25. The normalized spacial score (nSPS) is 15.2. The van der Waals surface area contributed by atoms with Gasteiger partial charge in [-0.25, -0.2) is 0 Å². The zero-order valence-corrected chi connectivity index (χ0v) is 13.7. The number of anilines is 1. The van der Waals surface area contributed by atoms with Gasteiger partial charge < -0.3 is 4.90 Å². The lowest BCUT2D eigenvalue weighted by molar-refractivity contribution is -0.126. The first-order valence-corrected chi connectivity index (χ1v) is 8.00. The smallest absolute Gasteiger partial charge is 0.243 e. The van der Waals surface area contributed by atoms with Crippen LogP contribution in [0.1, 0.15) is 28.8 Å². The van der Waals surface area contributed by atoms with Crippen LogP contribution in [0.3, 0.4) is 0 Å². The van der Waals surface area contributed by atoms with Crippen LogP contribution in [0.5, 0.6) is 0 Å². The van der Waals surface area contributed by atoms with E-state index >= 15 is 0 Å². The van der Waals surface area contributed by atoms with Crippen molar-refractivity contribution in [2.75, 3.05) is 4.90 Å². The Morgan fingerprint density at radius 2 is 1.48 bits per heavy atom. The average molecular weight is 327 g/mol. The zero-order chi connectivity index (χ0) is 17.9. The number of hydrogen-bond donors (Lipinski definition) is 0. The van der Waals surface area contributed by atoms with E-state index in [-0.39, 0.29) is 24.5 Å². The molecule has 122 valence electrons. The number of nitrogens with zero attached hydrogens (tertiary/aromatic N) is 1. The number of rotatable bonds is 4. The van der Waals surface area contributed by atoms with Crippen molar-refractivity contribution in [2.24, 2.45) is 5.41 Å². The number of Topliss-reactive ketones (excluding diaryl/α,β-unsaturated/α-hetero) is 1. The maximum Gasteiger partial charge on any atom is 0.243 e. The van der Waals surface area contributed by atoms with E-state index in [1.165, 1.54) is 0 Å². The zero-order valence-electron chi connectivity index (χ0n) is 13.7. The molecule has 0 aromatic heterocycles. The summed E-state index contributed by atoms with van der Waals surface area (Å²) in [6.07, 6.45) is 10.9. The van der Waals surface area contributed by atoms with E-state index in [2.05, 4.69) is 11.8 Å². The highest BCUT2D eigenvalue weighted by Gasteiger charge is 2.51. The molecule has 0 atom stereocenters. The molecule has 1 heterocycles.